The maximum Gasteiger partial charge on any atom is 0.329 e. The highest BCUT2D eigenvalue weighted by Crippen LogP contribution is 2.26. The first kappa shape index (κ1) is 14.7. The number of nitrogens with zero attached hydrogens (tertiary/aromatic N) is 1. The van der Waals surface area contributed by atoms with Crippen molar-refractivity contribution in [2.75, 3.05) is 12.4 Å². The van der Waals surface area contributed by atoms with E-state index in [1.807, 2.05) is 19.1 Å². The molecule has 0 amide bonds. The maximum atomic E-state index is 10.8. The minimum Gasteiger partial charge on any atom is -0.339 e. The van der Waals surface area contributed by atoms with E-state index < -0.39 is 5.97 Å². The van der Waals surface area contributed by atoms with Crippen LogP contribution in [0.1, 0.15) is 19.4 Å². The summed E-state index contributed by atoms with van der Waals surface area (Å²) in [7, 11) is 1.55. The number of carbonyl (C=O) groups is 1. The highest BCUT2D eigenvalue weighted by Gasteiger charge is 2.12. The van der Waals surface area contributed by atoms with Gasteiger partial charge < -0.3 is 10.2 Å². The Bertz CT molecular complexity index is 465. The molecule has 6 heteroatoms. The van der Waals surface area contributed by atoms with Gasteiger partial charge in [-0.05, 0) is 30.3 Å². The van der Waals surface area contributed by atoms with Gasteiger partial charge in [-0.25, -0.2) is 0 Å². The second-order valence-electron chi connectivity index (χ2n) is 3.64. The predicted molar refractivity (Wildman–Crippen MR) is 76.6 cm³/mol. The number of para-hydroxylation sites is 1. The third-order valence-electron chi connectivity index (χ3n) is 2.26. The van der Waals surface area contributed by atoms with Crippen LogP contribution in [0.3, 0.4) is 0 Å². The quantitative estimate of drug-likeness (QED) is 0.669. The van der Waals surface area contributed by atoms with Gasteiger partial charge in [0.05, 0.1) is 10.7 Å². The Balaban J connectivity index is 2.84. The molecule has 1 aromatic carbocycles. The average molecular weight is 287 g/mol. The number of benzene rings is 1. The molecule has 0 saturated carbocycles. The molecule has 0 bridgehead atoms. The summed E-state index contributed by atoms with van der Waals surface area (Å²) < 4.78 is 0. The third kappa shape index (κ3) is 3.85. The number of nitrogens with one attached hydrogen (secondary N) is 1. The van der Waals surface area contributed by atoms with Crippen molar-refractivity contribution in [2.45, 2.75) is 20.3 Å². The third-order valence-corrected chi connectivity index (χ3v) is 2.94. The number of anilines is 1. The fraction of sp³-hybridized carbons (Fsp3) is 0.333. The van der Waals surface area contributed by atoms with Gasteiger partial charge in [0.2, 0.25) is 5.11 Å². The second-order valence-corrected chi connectivity index (χ2v) is 4.43. The molecule has 0 aliphatic carbocycles. The monoisotopic (exact) mass is 286 g/mol. The molecule has 0 unspecified atom stereocenters. The minimum absolute atomic E-state index is 0.271. The van der Waals surface area contributed by atoms with Crippen LogP contribution < -0.4 is 5.32 Å². The summed E-state index contributed by atoms with van der Waals surface area (Å²) in [6, 6.07) is 5.62. The van der Waals surface area contributed by atoms with Crippen molar-refractivity contribution in [3.05, 3.63) is 28.8 Å². The van der Waals surface area contributed by atoms with Crippen molar-refractivity contribution in [1.29, 1.82) is 0 Å². The van der Waals surface area contributed by atoms with E-state index in [4.69, 9.17) is 28.7 Å². The normalized spacial score (nSPS) is 9.78. The zero-order chi connectivity index (χ0) is 13.7. The molecule has 0 spiro atoms. The van der Waals surface area contributed by atoms with E-state index in [9.17, 15) is 4.79 Å². The molecule has 0 radical (unpaired) electrons. The zero-order valence-corrected chi connectivity index (χ0v) is 12.1. The van der Waals surface area contributed by atoms with Crippen LogP contribution in [0.4, 0.5) is 5.69 Å². The number of hydroxylamine groups is 2. The van der Waals surface area contributed by atoms with Crippen molar-refractivity contribution < 1.29 is 9.63 Å². The Morgan fingerprint density at radius 2 is 2.22 bits per heavy atom. The first-order chi connectivity index (χ1) is 8.45. The van der Waals surface area contributed by atoms with Crippen molar-refractivity contribution >= 4 is 40.6 Å². The SMILES string of the molecule is CCc1cccc(Cl)c1NC(=S)N(C)OC(C)=O. The number of hydrogen-bond acceptors (Lipinski definition) is 3. The smallest absolute Gasteiger partial charge is 0.329 e. The van der Waals surface area contributed by atoms with Crippen LogP contribution in [0.5, 0.6) is 0 Å². The van der Waals surface area contributed by atoms with Crippen LogP contribution in [0, 0.1) is 0 Å². The van der Waals surface area contributed by atoms with Gasteiger partial charge in [0.1, 0.15) is 0 Å². The van der Waals surface area contributed by atoms with Crippen LogP contribution in [0.2, 0.25) is 5.02 Å². The zero-order valence-electron chi connectivity index (χ0n) is 10.5. The lowest BCUT2D eigenvalue weighted by Gasteiger charge is -2.20. The van der Waals surface area contributed by atoms with E-state index in [1.54, 1.807) is 13.1 Å². The number of aryl methyl sites for hydroxylation is 1. The van der Waals surface area contributed by atoms with E-state index in [-0.39, 0.29) is 5.11 Å². The summed E-state index contributed by atoms with van der Waals surface area (Å²) in [4.78, 5) is 15.7. The molecule has 1 N–H and O–H groups in total. The molecular formula is C12H15ClN2O2S. The lowest BCUT2D eigenvalue weighted by atomic mass is 10.1. The number of carbonyl (C=O) groups excluding carboxylic acids is 1. The van der Waals surface area contributed by atoms with Crippen LogP contribution in [0.15, 0.2) is 18.2 Å². The van der Waals surface area contributed by atoms with Crippen molar-refractivity contribution in [2.24, 2.45) is 0 Å². The molecule has 1 rings (SSSR count). The Morgan fingerprint density at radius 1 is 1.56 bits per heavy atom. The van der Waals surface area contributed by atoms with E-state index >= 15 is 0 Å². The largest absolute Gasteiger partial charge is 0.339 e. The highest BCUT2D eigenvalue weighted by atomic mass is 35.5. The molecule has 0 fully saturated rings. The average Bonchev–Trinajstić information content (AvgIpc) is 2.30. The van der Waals surface area contributed by atoms with Gasteiger partial charge in [0.25, 0.3) is 0 Å². The van der Waals surface area contributed by atoms with Crippen LogP contribution >= 0.6 is 23.8 Å². The first-order valence-corrected chi connectivity index (χ1v) is 6.25. The summed E-state index contributed by atoms with van der Waals surface area (Å²) >= 11 is 11.2. The molecule has 0 heterocycles. The maximum absolute atomic E-state index is 10.8. The molecule has 0 atom stereocenters. The molecular weight excluding hydrogens is 272 g/mol. The molecule has 0 aliphatic heterocycles. The number of thiocarbonyl (C=S) groups is 1. The molecule has 18 heavy (non-hydrogen) atoms. The molecule has 0 saturated heterocycles. The summed E-state index contributed by atoms with van der Waals surface area (Å²) in [5, 5.41) is 5.03. The van der Waals surface area contributed by atoms with Gasteiger partial charge in [-0.15, -0.1) is 0 Å². The van der Waals surface area contributed by atoms with E-state index in [1.165, 1.54) is 12.0 Å². The lowest BCUT2D eigenvalue weighted by Crippen LogP contribution is -2.33. The second kappa shape index (κ2) is 6.56. The Labute approximate surface area is 117 Å². The topological polar surface area (TPSA) is 41.6 Å². The standard InChI is InChI=1S/C12H15ClN2O2S/c1-4-9-6-5-7-10(13)11(9)14-12(18)15(3)17-8(2)16/h5-7H,4H2,1-3H3,(H,14,18). The van der Waals surface area contributed by atoms with Crippen LogP contribution in [0.25, 0.3) is 0 Å². The fourth-order valence-corrected chi connectivity index (χ4v) is 1.80. The lowest BCUT2D eigenvalue weighted by molar-refractivity contribution is -0.165. The summed E-state index contributed by atoms with van der Waals surface area (Å²) in [6.07, 6.45) is 0.822. The van der Waals surface area contributed by atoms with Gasteiger partial charge in [0.15, 0.2) is 0 Å². The molecule has 4 nitrogen and oxygen atoms in total. The van der Waals surface area contributed by atoms with Crippen molar-refractivity contribution in [1.82, 2.24) is 5.06 Å². The molecule has 0 aliphatic rings. The van der Waals surface area contributed by atoms with Crippen molar-refractivity contribution in [3.63, 3.8) is 0 Å². The first-order valence-electron chi connectivity index (χ1n) is 5.46. The van der Waals surface area contributed by atoms with Gasteiger partial charge in [-0.2, -0.15) is 5.06 Å². The number of rotatable bonds is 2. The molecule has 1 aromatic rings. The predicted octanol–water partition coefficient (Wildman–Crippen LogP) is 3.01. The minimum atomic E-state index is -0.434. The van der Waals surface area contributed by atoms with Gasteiger partial charge in [0, 0.05) is 14.0 Å². The van der Waals surface area contributed by atoms with Crippen molar-refractivity contribution in [3.8, 4) is 0 Å². The van der Waals surface area contributed by atoms with E-state index in [2.05, 4.69) is 5.32 Å². The highest BCUT2D eigenvalue weighted by molar-refractivity contribution is 7.80. The summed E-state index contributed by atoms with van der Waals surface area (Å²) in [5.74, 6) is -0.434. The Hall–Kier alpha value is -1.33. The van der Waals surface area contributed by atoms with Crippen LogP contribution in [-0.2, 0) is 16.1 Å². The molecule has 0 aromatic heterocycles. The number of halogens is 1. The fourth-order valence-electron chi connectivity index (χ4n) is 1.42. The Kier molecular flexibility index (Phi) is 5.37. The molecule has 98 valence electrons. The summed E-state index contributed by atoms with van der Waals surface area (Å²) in [6.45, 7) is 3.34. The van der Waals surface area contributed by atoms with E-state index in [0.717, 1.165) is 17.7 Å². The number of hydrogen-bond donors (Lipinski definition) is 1. The summed E-state index contributed by atoms with van der Waals surface area (Å²) in [5.41, 5.74) is 1.78. The van der Waals surface area contributed by atoms with E-state index in [0.29, 0.717) is 5.02 Å². The van der Waals surface area contributed by atoms with Gasteiger partial charge in [-0.3, -0.25) is 4.79 Å². The van der Waals surface area contributed by atoms with Gasteiger partial charge >= 0.3 is 5.97 Å². The van der Waals surface area contributed by atoms with Gasteiger partial charge in [-0.1, -0.05) is 30.7 Å². The Morgan fingerprint density at radius 3 is 2.78 bits per heavy atom. The van der Waals surface area contributed by atoms with Crippen LogP contribution in [-0.4, -0.2) is 23.2 Å².